The Hall–Kier alpha value is -2.26. The standard InChI is InChI=1S/C25H30ClN3/c1-14(2)20-15(3)9-11-19-21(20)17(5)12-29(19)13-25(6,7)23-16(4)8-10-18-22(23)24(26)28-27-18/h8-12,14H,13H2,1-7H3,(H,27,28). The summed E-state index contributed by atoms with van der Waals surface area (Å²) in [6, 6.07) is 8.73. The molecule has 0 fully saturated rings. The number of benzene rings is 2. The second-order valence-electron chi connectivity index (χ2n) is 9.36. The number of hydrogen-bond acceptors (Lipinski definition) is 1. The molecule has 4 rings (SSSR count). The lowest BCUT2D eigenvalue weighted by molar-refractivity contribution is 0.444. The van der Waals surface area contributed by atoms with Gasteiger partial charge in [0.2, 0.25) is 0 Å². The molecule has 0 unspecified atom stereocenters. The highest BCUT2D eigenvalue weighted by molar-refractivity contribution is 6.34. The third-order valence-corrected chi connectivity index (χ3v) is 6.47. The third-order valence-electron chi connectivity index (χ3n) is 6.20. The van der Waals surface area contributed by atoms with E-state index in [2.05, 4.69) is 87.6 Å². The number of rotatable bonds is 4. The summed E-state index contributed by atoms with van der Waals surface area (Å²) >= 11 is 6.51. The molecule has 0 saturated heterocycles. The van der Waals surface area contributed by atoms with Gasteiger partial charge in [-0.3, -0.25) is 5.10 Å². The summed E-state index contributed by atoms with van der Waals surface area (Å²) in [6.07, 6.45) is 2.31. The molecular weight excluding hydrogens is 378 g/mol. The molecule has 0 radical (unpaired) electrons. The number of H-pyrrole nitrogens is 1. The summed E-state index contributed by atoms with van der Waals surface area (Å²) in [4.78, 5) is 0. The van der Waals surface area contributed by atoms with Crippen molar-refractivity contribution < 1.29 is 0 Å². The number of aromatic amines is 1. The minimum atomic E-state index is -0.113. The second-order valence-corrected chi connectivity index (χ2v) is 9.74. The summed E-state index contributed by atoms with van der Waals surface area (Å²) < 4.78 is 2.42. The second kappa shape index (κ2) is 6.91. The van der Waals surface area contributed by atoms with Crippen LogP contribution in [0.2, 0.25) is 5.15 Å². The maximum atomic E-state index is 6.51. The summed E-state index contributed by atoms with van der Waals surface area (Å²) in [5, 5.41) is 10.4. The van der Waals surface area contributed by atoms with Crippen LogP contribution in [0.4, 0.5) is 0 Å². The van der Waals surface area contributed by atoms with Crippen molar-refractivity contribution in [3.05, 3.63) is 63.4 Å². The van der Waals surface area contributed by atoms with Gasteiger partial charge in [0.1, 0.15) is 5.15 Å². The Kier molecular flexibility index (Phi) is 4.77. The van der Waals surface area contributed by atoms with Crippen LogP contribution in [-0.4, -0.2) is 14.8 Å². The molecule has 2 aromatic heterocycles. The molecule has 0 saturated carbocycles. The van der Waals surface area contributed by atoms with Gasteiger partial charge in [-0.2, -0.15) is 5.10 Å². The topological polar surface area (TPSA) is 33.6 Å². The minimum Gasteiger partial charge on any atom is -0.346 e. The van der Waals surface area contributed by atoms with Gasteiger partial charge in [-0.05, 0) is 66.6 Å². The Labute approximate surface area is 178 Å². The maximum absolute atomic E-state index is 6.51. The van der Waals surface area contributed by atoms with E-state index < -0.39 is 0 Å². The lowest BCUT2D eigenvalue weighted by Gasteiger charge is -2.29. The van der Waals surface area contributed by atoms with Crippen molar-refractivity contribution in [2.24, 2.45) is 0 Å². The molecule has 4 heteroatoms. The first-order valence-electron chi connectivity index (χ1n) is 10.3. The SMILES string of the molecule is Cc1ccc2n[nH]c(Cl)c2c1C(C)(C)Cn1cc(C)c2c(C(C)C)c(C)ccc21. The Morgan fingerprint density at radius 1 is 1.00 bits per heavy atom. The van der Waals surface area contributed by atoms with Gasteiger partial charge >= 0.3 is 0 Å². The van der Waals surface area contributed by atoms with Crippen LogP contribution in [0.3, 0.4) is 0 Å². The normalized spacial score (nSPS) is 12.6. The third kappa shape index (κ3) is 3.16. The number of aromatic nitrogens is 3. The quantitative estimate of drug-likeness (QED) is 0.381. The molecule has 2 heterocycles. The van der Waals surface area contributed by atoms with Crippen molar-refractivity contribution in [3.8, 4) is 0 Å². The lowest BCUT2D eigenvalue weighted by Crippen LogP contribution is -2.25. The highest BCUT2D eigenvalue weighted by atomic mass is 35.5. The van der Waals surface area contributed by atoms with Gasteiger partial charge in [0, 0.05) is 34.4 Å². The molecule has 29 heavy (non-hydrogen) atoms. The Balaban J connectivity index is 1.89. The van der Waals surface area contributed by atoms with Gasteiger partial charge in [0.25, 0.3) is 0 Å². The highest BCUT2D eigenvalue weighted by Gasteiger charge is 2.28. The fourth-order valence-corrected chi connectivity index (χ4v) is 5.40. The van der Waals surface area contributed by atoms with Crippen molar-refractivity contribution in [2.75, 3.05) is 0 Å². The van der Waals surface area contributed by atoms with Crippen LogP contribution in [0.15, 0.2) is 30.5 Å². The van der Waals surface area contributed by atoms with Gasteiger partial charge in [-0.25, -0.2) is 0 Å². The zero-order valence-electron chi connectivity index (χ0n) is 18.4. The maximum Gasteiger partial charge on any atom is 0.132 e. The fourth-order valence-electron chi connectivity index (χ4n) is 5.16. The van der Waals surface area contributed by atoms with Crippen LogP contribution in [-0.2, 0) is 12.0 Å². The van der Waals surface area contributed by atoms with E-state index in [0.717, 1.165) is 17.4 Å². The number of fused-ring (bicyclic) bond motifs is 2. The van der Waals surface area contributed by atoms with Crippen molar-refractivity contribution >= 4 is 33.4 Å². The van der Waals surface area contributed by atoms with Crippen LogP contribution in [0.5, 0.6) is 0 Å². The predicted octanol–water partition coefficient (Wildman–Crippen LogP) is 7.20. The molecule has 0 atom stereocenters. The molecule has 3 nitrogen and oxygen atoms in total. The Morgan fingerprint density at radius 2 is 1.69 bits per heavy atom. The van der Waals surface area contributed by atoms with E-state index in [1.807, 2.05) is 6.07 Å². The number of aryl methyl sites for hydroxylation is 3. The van der Waals surface area contributed by atoms with E-state index in [0.29, 0.717) is 11.1 Å². The molecule has 152 valence electrons. The Morgan fingerprint density at radius 3 is 2.38 bits per heavy atom. The van der Waals surface area contributed by atoms with Crippen LogP contribution in [0, 0.1) is 20.8 Å². The van der Waals surface area contributed by atoms with Crippen molar-refractivity contribution in [2.45, 2.75) is 66.3 Å². The van der Waals surface area contributed by atoms with Gasteiger partial charge in [-0.15, -0.1) is 0 Å². The van der Waals surface area contributed by atoms with Crippen molar-refractivity contribution in [3.63, 3.8) is 0 Å². The van der Waals surface area contributed by atoms with Crippen molar-refractivity contribution in [1.29, 1.82) is 0 Å². The molecular formula is C25H30ClN3. The minimum absolute atomic E-state index is 0.113. The zero-order valence-corrected chi connectivity index (χ0v) is 19.2. The van der Waals surface area contributed by atoms with Crippen LogP contribution in [0.25, 0.3) is 21.8 Å². The van der Waals surface area contributed by atoms with Crippen LogP contribution >= 0.6 is 11.6 Å². The molecule has 4 aromatic rings. The highest BCUT2D eigenvalue weighted by Crippen LogP contribution is 2.39. The summed E-state index contributed by atoms with van der Waals surface area (Å²) in [5.41, 5.74) is 8.83. The molecule has 1 N–H and O–H groups in total. The van der Waals surface area contributed by atoms with E-state index in [1.165, 1.54) is 38.7 Å². The van der Waals surface area contributed by atoms with E-state index in [1.54, 1.807) is 0 Å². The fraction of sp³-hybridized carbons (Fsp3) is 0.400. The Bertz CT molecular complexity index is 1220. The lowest BCUT2D eigenvalue weighted by atomic mass is 9.80. The average Bonchev–Trinajstić information content (AvgIpc) is 3.14. The molecule has 0 aliphatic heterocycles. The van der Waals surface area contributed by atoms with Crippen LogP contribution in [0.1, 0.15) is 61.4 Å². The first-order valence-corrected chi connectivity index (χ1v) is 10.7. The van der Waals surface area contributed by atoms with Crippen LogP contribution < -0.4 is 0 Å². The summed E-state index contributed by atoms with van der Waals surface area (Å²) in [5.74, 6) is 0.502. The first kappa shape index (κ1) is 20.0. The van der Waals surface area contributed by atoms with E-state index in [4.69, 9.17) is 11.6 Å². The predicted molar refractivity (Wildman–Crippen MR) is 124 cm³/mol. The number of halogens is 1. The zero-order chi connectivity index (χ0) is 21.1. The number of nitrogens with one attached hydrogen (secondary N) is 1. The van der Waals surface area contributed by atoms with Gasteiger partial charge in [-0.1, -0.05) is 51.4 Å². The first-order chi connectivity index (χ1) is 13.6. The largest absolute Gasteiger partial charge is 0.346 e. The molecule has 0 aliphatic rings. The molecule has 0 spiro atoms. The number of nitrogens with zero attached hydrogens (tertiary/aromatic N) is 2. The summed E-state index contributed by atoms with van der Waals surface area (Å²) in [6.45, 7) is 16.7. The van der Waals surface area contributed by atoms with E-state index in [9.17, 15) is 0 Å². The smallest absolute Gasteiger partial charge is 0.132 e. The van der Waals surface area contributed by atoms with E-state index in [-0.39, 0.29) is 5.41 Å². The van der Waals surface area contributed by atoms with Gasteiger partial charge < -0.3 is 4.57 Å². The van der Waals surface area contributed by atoms with E-state index >= 15 is 0 Å². The molecule has 0 amide bonds. The average molecular weight is 408 g/mol. The van der Waals surface area contributed by atoms with Gasteiger partial charge in [0.05, 0.1) is 5.52 Å². The molecule has 0 bridgehead atoms. The monoisotopic (exact) mass is 407 g/mol. The molecule has 0 aliphatic carbocycles. The molecule has 2 aromatic carbocycles. The van der Waals surface area contributed by atoms with Crippen molar-refractivity contribution in [1.82, 2.24) is 14.8 Å². The number of hydrogen-bond donors (Lipinski definition) is 1. The summed E-state index contributed by atoms with van der Waals surface area (Å²) in [7, 11) is 0. The van der Waals surface area contributed by atoms with Gasteiger partial charge in [0.15, 0.2) is 0 Å².